The van der Waals surface area contributed by atoms with Crippen LogP contribution in [0.15, 0.2) is 42.5 Å². The minimum Gasteiger partial charge on any atom is -0.497 e. The van der Waals surface area contributed by atoms with Gasteiger partial charge in [-0.3, -0.25) is 24.6 Å². The molecule has 2 aromatic carbocycles. The summed E-state index contributed by atoms with van der Waals surface area (Å²) in [7, 11) is 1.57. The lowest BCUT2D eigenvalue weighted by atomic mass is 9.76. The summed E-state index contributed by atoms with van der Waals surface area (Å²) < 4.78 is 19.4. The third-order valence-electron chi connectivity index (χ3n) is 6.92. The van der Waals surface area contributed by atoms with E-state index < -0.39 is 41.0 Å². The second kappa shape index (κ2) is 7.13. The molecule has 2 N–H and O–H groups in total. The van der Waals surface area contributed by atoms with E-state index in [4.69, 9.17) is 4.74 Å². The van der Waals surface area contributed by atoms with Crippen molar-refractivity contribution in [3.8, 4) is 5.75 Å². The van der Waals surface area contributed by atoms with Crippen molar-refractivity contribution in [2.45, 2.75) is 32.0 Å². The zero-order valence-electron chi connectivity index (χ0n) is 18.0. The summed E-state index contributed by atoms with van der Waals surface area (Å²) in [5.74, 6) is -2.65. The Morgan fingerprint density at radius 2 is 1.81 bits per heavy atom. The SMILES string of the molecule is COc1ccc(CN2C(=O)[C@@H]3[C@@H](C(C)C)N[C@]4(C(=O)Nc5ccc(F)cc54)[C@@H]3C2=O)cc1. The van der Waals surface area contributed by atoms with Crippen molar-refractivity contribution in [3.05, 3.63) is 59.4 Å². The lowest BCUT2D eigenvalue weighted by Crippen LogP contribution is -2.53. The van der Waals surface area contributed by atoms with E-state index in [0.717, 1.165) is 5.56 Å². The fourth-order valence-electron chi connectivity index (χ4n) is 5.41. The van der Waals surface area contributed by atoms with Gasteiger partial charge >= 0.3 is 0 Å². The van der Waals surface area contributed by atoms with Crippen LogP contribution < -0.4 is 15.4 Å². The largest absolute Gasteiger partial charge is 0.497 e. The molecule has 3 heterocycles. The predicted octanol–water partition coefficient (Wildman–Crippen LogP) is 2.41. The second-order valence-electron chi connectivity index (χ2n) is 8.98. The van der Waals surface area contributed by atoms with E-state index in [2.05, 4.69) is 10.6 Å². The second-order valence-corrected chi connectivity index (χ2v) is 8.98. The molecule has 0 aliphatic carbocycles. The number of imide groups is 1. The molecule has 32 heavy (non-hydrogen) atoms. The topological polar surface area (TPSA) is 87.7 Å². The molecule has 0 radical (unpaired) electrons. The Kier molecular flexibility index (Phi) is 4.60. The average molecular weight is 437 g/mol. The van der Waals surface area contributed by atoms with Crippen LogP contribution in [0.3, 0.4) is 0 Å². The van der Waals surface area contributed by atoms with Crippen LogP contribution in [0.5, 0.6) is 5.75 Å². The van der Waals surface area contributed by atoms with Crippen molar-refractivity contribution in [1.82, 2.24) is 10.2 Å². The Bertz CT molecular complexity index is 1130. The average Bonchev–Trinajstić information content (AvgIpc) is 3.36. The number of likely N-dealkylation sites (tertiary alicyclic amines) is 1. The molecule has 0 unspecified atom stereocenters. The fraction of sp³-hybridized carbons (Fsp3) is 0.375. The predicted molar refractivity (Wildman–Crippen MR) is 114 cm³/mol. The zero-order chi connectivity index (χ0) is 22.8. The number of methoxy groups -OCH3 is 1. The minimum absolute atomic E-state index is 0.0232. The highest BCUT2D eigenvalue weighted by atomic mass is 19.1. The summed E-state index contributed by atoms with van der Waals surface area (Å²) >= 11 is 0. The monoisotopic (exact) mass is 437 g/mol. The normalized spacial score (nSPS) is 28.5. The van der Waals surface area contributed by atoms with Crippen molar-refractivity contribution >= 4 is 23.4 Å². The number of rotatable bonds is 4. The van der Waals surface area contributed by atoms with Crippen LogP contribution in [0.25, 0.3) is 0 Å². The molecule has 3 aliphatic rings. The van der Waals surface area contributed by atoms with Crippen LogP contribution in [0, 0.1) is 23.6 Å². The van der Waals surface area contributed by atoms with Gasteiger partial charge in [0, 0.05) is 17.3 Å². The summed E-state index contributed by atoms with van der Waals surface area (Å²) in [4.78, 5) is 41.7. The molecule has 4 atom stereocenters. The van der Waals surface area contributed by atoms with E-state index in [0.29, 0.717) is 17.0 Å². The molecule has 3 amide bonds. The fourth-order valence-corrected chi connectivity index (χ4v) is 5.41. The Labute approximate surface area is 184 Å². The first-order valence-corrected chi connectivity index (χ1v) is 10.6. The van der Waals surface area contributed by atoms with Crippen molar-refractivity contribution in [3.63, 3.8) is 0 Å². The van der Waals surface area contributed by atoms with Crippen molar-refractivity contribution in [1.29, 1.82) is 0 Å². The molecule has 7 nitrogen and oxygen atoms in total. The summed E-state index contributed by atoms with van der Waals surface area (Å²) in [6.07, 6.45) is 0. The number of nitrogens with zero attached hydrogens (tertiary/aromatic N) is 1. The van der Waals surface area contributed by atoms with E-state index >= 15 is 0 Å². The first-order valence-electron chi connectivity index (χ1n) is 10.6. The van der Waals surface area contributed by atoms with Gasteiger partial charge < -0.3 is 10.1 Å². The molecule has 1 spiro atoms. The summed E-state index contributed by atoms with van der Waals surface area (Å²) in [6, 6.07) is 10.8. The highest BCUT2D eigenvalue weighted by Crippen LogP contribution is 2.54. The number of ether oxygens (including phenoxy) is 1. The standard InChI is InChI=1S/C24H24FN3O4/c1-12(2)20-18-19(24(27-20)16-10-14(25)6-9-17(16)26-23(24)31)22(30)28(21(18)29)11-13-4-7-15(32-3)8-5-13/h4-10,12,18-20,27H,11H2,1-3H3,(H,26,31)/t18-,19-,20+,24-/m0/s1. The molecule has 0 bridgehead atoms. The van der Waals surface area contributed by atoms with Crippen LogP contribution in [0.1, 0.15) is 25.0 Å². The molecule has 5 rings (SSSR count). The molecule has 166 valence electrons. The highest BCUT2D eigenvalue weighted by molar-refractivity contribution is 6.15. The van der Waals surface area contributed by atoms with E-state index in [1.165, 1.54) is 23.1 Å². The molecule has 2 aromatic rings. The van der Waals surface area contributed by atoms with Gasteiger partial charge in [0.05, 0.1) is 25.5 Å². The molecule has 0 aromatic heterocycles. The van der Waals surface area contributed by atoms with Gasteiger partial charge in [-0.15, -0.1) is 0 Å². The molecule has 3 aliphatic heterocycles. The van der Waals surface area contributed by atoms with Gasteiger partial charge in [-0.2, -0.15) is 0 Å². The number of nitrogens with one attached hydrogen (secondary N) is 2. The number of carbonyl (C=O) groups excluding carboxylic acids is 3. The van der Waals surface area contributed by atoms with Crippen molar-refractivity contribution in [2.75, 3.05) is 12.4 Å². The molecule has 2 fully saturated rings. The maximum absolute atomic E-state index is 14.2. The van der Waals surface area contributed by atoms with Gasteiger partial charge in [-0.25, -0.2) is 4.39 Å². The van der Waals surface area contributed by atoms with Gasteiger partial charge in [-0.1, -0.05) is 26.0 Å². The van der Waals surface area contributed by atoms with E-state index in [-0.39, 0.29) is 18.4 Å². The van der Waals surface area contributed by atoms with Crippen molar-refractivity contribution < 1.29 is 23.5 Å². The highest BCUT2D eigenvalue weighted by Gasteiger charge is 2.70. The van der Waals surface area contributed by atoms with Crippen LogP contribution in [0.2, 0.25) is 0 Å². The third-order valence-corrected chi connectivity index (χ3v) is 6.92. The maximum atomic E-state index is 14.2. The number of amides is 3. The number of benzene rings is 2. The number of anilines is 1. The van der Waals surface area contributed by atoms with Crippen LogP contribution in [-0.2, 0) is 26.5 Å². The van der Waals surface area contributed by atoms with Crippen molar-refractivity contribution in [2.24, 2.45) is 17.8 Å². The van der Waals surface area contributed by atoms with Gasteiger partial charge in [0.1, 0.15) is 17.1 Å². The number of fused-ring (bicyclic) bond motifs is 4. The van der Waals surface area contributed by atoms with Gasteiger partial charge in [0.2, 0.25) is 17.7 Å². The summed E-state index contributed by atoms with van der Waals surface area (Å²) in [6.45, 7) is 3.99. The van der Waals surface area contributed by atoms with Gasteiger partial charge in [0.15, 0.2) is 0 Å². The van der Waals surface area contributed by atoms with Gasteiger partial charge in [0.25, 0.3) is 0 Å². The van der Waals surface area contributed by atoms with Crippen LogP contribution in [-0.4, -0.2) is 35.8 Å². The minimum atomic E-state index is -1.47. The van der Waals surface area contributed by atoms with E-state index in [1.54, 1.807) is 31.4 Å². The Morgan fingerprint density at radius 3 is 2.47 bits per heavy atom. The first-order chi connectivity index (χ1) is 15.3. The molecule has 8 heteroatoms. The zero-order valence-corrected chi connectivity index (χ0v) is 18.0. The first kappa shape index (κ1) is 20.6. The number of hydrogen-bond acceptors (Lipinski definition) is 5. The summed E-state index contributed by atoms with van der Waals surface area (Å²) in [5.41, 5.74) is 0.144. The van der Waals surface area contributed by atoms with Crippen LogP contribution >= 0.6 is 0 Å². The third kappa shape index (κ3) is 2.72. The maximum Gasteiger partial charge on any atom is 0.250 e. The van der Waals surface area contributed by atoms with Gasteiger partial charge in [-0.05, 0) is 41.8 Å². The molecular formula is C24H24FN3O4. The lowest BCUT2D eigenvalue weighted by Gasteiger charge is -2.30. The Balaban J connectivity index is 1.58. The van der Waals surface area contributed by atoms with E-state index in [1.807, 2.05) is 13.8 Å². The molecule has 0 saturated carbocycles. The smallest absolute Gasteiger partial charge is 0.250 e. The molecule has 2 saturated heterocycles. The quantitative estimate of drug-likeness (QED) is 0.718. The number of halogens is 1. The lowest BCUT2D eigenvalue weighted by molar-refractivity contribution is -0.143. The Hall–Kier alpha value is -3.26. The Morgan fingerprint density at radius 1 is 1.09 bits per heavy atom. The van der Waals surface area contributed by atoms with Crippen LogP contribution in [0.4, 0.5) is 10.1 Å². The number of carbonyl (C=O) groups is 3. The van der Waals surface area contributed by atoms with E-state index in [9.17, 15) is 18.8 Å². The number of hydrogen-bond donors (Lipinski definition) is 2. The summed E-state index contributed by atoms with van der Waals surface area (Å²) in [5, 5.41) is 6.08. The molecular weight excluding hydrogens is 413 g/mol.